The van der Waals surface area contributed by atoms with Crippen LogP contribution in [0.4, 0.5) is 11.9 Å². The highest BCUT2D eigenvalue weighted by atomic mass is 35.5. The summed E-state index contributed by atoms with van der Waals surface area (Å²) in [6, 6.07) is 0. The van der Waals surface area contributed by atoms with E-state index in [1.165, 1.54) is 0 Å². The number of rotatable bonds is 4. The third-order valence-corrected chi connectivity index (χ3v) is 3.25. The van der Waals surface area contributed by atoms with Gasteiger partial charge < -0.3 is 14.9 Å². The second-order valence-corrected chi connectivity index (χ2v) is 4.60. The van der Waals surface area contributed by atoms with E-state index in [2.05, 4.69) is 15.0 Å². The maximum Gasteiger partial charge on any atom is 0.231 e. The van der Waals surface area contributed by atoms with Crippen molar-refractivity contribution in [3.8, 4) is 0 Å². The molecule has 1 aliphatic rings. The Balaban J connectivity index is 2.26. The molecule has 100 valence electrons. The Hall–Kier alpha value is -1.14. The van der Waals surface area contributed by atoms with Crippen LogP contribution in [0.25, 0.3) is 0 Å². The average molecular weight is 272 g/mol. The number of halogens is 1. The molecule has 0 amide bonds. The van der Waals surface area contributed by atoms with Crippen LogP contribution in [0, 0.1) is 0 Å². The Morgan fingerprint density at radius 1 is 1.33 bits per heavy atom. The molecule has 0 radical (unpaired) electrons. The molecule has 2 heterocycles. The summed E-state index contributed by atoms with van der Waals surface area (Å²) in [7, 11) is 0. The number of hydrogen-bond acceptors (Lipinski definition) is 6. The van der Waals surface area contributed by atoms with Gasteiger partial charge >= 0.3 is 0 Å². The number of nitrogens with zero attached hydrogens (tertiary/aromatic N) is 5. The Morgan fingerprint density at radius 2 is 2.06 bits per heavy atom. The molecule has 2 rings (SSSR count). The van der Waals surface area contributed by atoms with E-state index in [0.717, 1.165) is 26.1 Å². The molecule has 1 atom stereocenters. The molecule has 18 heavy (non-hydrogen) atoms. The highest BCUT2D eigenvalue weighted by molar-refractivity contribution is 6.28. The second-order valence-electron chi connectivity index (χ2n) is 4.27. The molecule has 0 aromatic carbocycles. The maximum atomic E-state index is 9.54. The number of β-amino-alcohol motifs (C(OH)–C–C–N with tert-alkyl or cyclic N) is 1. The van der Waals surface area contributed by atoms with Crippen LogP contribution in [-0.4, -0.2) is 52.3 Å². The highest BCUT2D eigenvalue weighted by Crippen LogP contribution is 2.20. The third-order valence-electron chi connectivity index (χ3n) is 3.08. The Bertz CT molecular complexity index is 412. The van der Waals surface area contributed by atoms with Crippen LogP contribution in [0.5, 0.6) is 0 Å². The van der Waals surface area contributed by atoms with Gasteiger partial charge in [-0.15, -0.1) is 0 Å². The first-order valence-electron chi connectivity index (χ1n) is 6.23. The Labute approximate surface area is 112 Å². The molecule has 0 spiro atoms. The predicted octanol–water partition coefficient (Wildman–Crippen LogP) is 0.942. The SMILES string of the molecule is CCN(CC)c1nc(Cl)nc(N2CCC(O)C2)n1. The third kappa shape index (κ3) is 2.81. The van der Waals surface area contributed by atoms with Crippen molar-refractivity contribution in [3.63, 3.8) is 0 Å². The van der Waals surface area contributed by atoms with Crippen LogP contribution in [0.15, 0.2) is 0 Å². The summed E-state index contributed by atoms with van der Waals surface area (Å²) in [5, 5.41) is 9.74. The molecule has 1 unspecified atom stereocenters. The summed E-state index contributed by atoms with van der Waals surface area (Å²) in [5.74, 6) is 1.14. The number of hydrogen-bond donors (Lipinski definition) is 1. The van der Waals surface area contributed by atoms with Crippen molar-refractivity contribution in [1.29, 1.82) is 0 Å². The maximum absolute atomic E-state index is 9.54. The summed E-state index contributed by atoms with van der Waals surface area (Å²) in [4.78, 5) is 16.7. The van der Waals surface area contributed by atoms with Gasteiger partial charge in [0.2, 0.25) is 17.2 Å². The lowest BCUT2D eigenvalue weighted by molar-refractivity contribution is 0.198. The van der Waals surface area contributed by atoms with Crippen LogP contribution in [0.2, 0.25) is 5.28 Å². The lowest BCUT2D eigenvalue weighted by Gasteiger charge is -2.21. The van der Waals surface area contributed by atoms with E-state index in [9.17, 15) is 5.11 Å². The smallest absolute Gasteiger partial charge is 0.231 e. The quantitative estimate of drug-likeness (QED) is 0.879. The van der Waals surface area contributed by atoms with Crippen LogP contribution in [0.3, 0.4) is 0 Å². The molecule has 0 bridgehead atoms. The summed E-state index contributed by atoms with van der Waals surface area (Å²) in [5.41, 5.74) is 0. The van der Waals surface area contributed by atoms with Crippen molar-refractivity contribution in [1.82, 2.24) is 15.0 Å². The summed E-state index contributed by atoms with van der Waals surface area (Å²) >= 11 is 5.94. The van der Waals surface area contributed by atoms with E-state index in [-0.39, 0.29) is 11.4 Å². The zero-order valence-corrected chi connectivity index (χ0v) is 11.4. The van der Waals surface area contributed by atoms with E-state index < -0.39 is 0 Å². The second kappa shape index (κ2) is 5.67. The van der Waals surface area contributed by atoms with Crippen LogP contribution in [-0.2, 0) is 0 Å². The molecule has 1 N–H and O–H groups in total. The normalized spacial score (nSPS) is 19.3. The summed E-state index contributed by atoms with van der Waals surface area (Å²) in [6.07, 6.45) is 0.432. The zero-order chi connectivity index (χ0) is 13.1. The summed E-state index contributed by atoms with van der Waals surface area (Å²) in [6.45, 7) is 7.02. The van der Waals surface area contributed by atoms with Gasteiger partial charge in [-0.25, -0.2) is 0 Å². The summed E-state index contributed by atoms with van der Waals surface area (Å²) < 4.78 is 0. The van der Waals surface area contributed by atoms with E-state index in [4.69, 9.17) is 11.6 Å². The molecule has 7 heteroatoms. The first-order valence-corrected chi connectivity index (χ1v) is 6.61. The molecule has 0 aliphatic carbocycles. The fourth-order valence-corrected chi connectivity index (χ4v) is 2.19. The van der Waals surface area contributed by atoms with Gasteiger partial charge in [-0.05, 0) is 31.9 Å². The van der Waals surface area contributed by atoms with Crippen molar-refractivity contribution in [2.75, 3.05) is 36.0 Å². The standard InChI is InChI=1S/C11H18ClN5O/c1-3-16(4-2)10-13-9(12)14-11(15-10)17-6-5-8(18)7-17/h8,18H,3-7H2,1-2H3. The zero-order valence-electron chi connectivity index (χ0n) is 10.7. The molecule has 1 aromatic heterocycles. The van der Waals surface area contributed by atoms with E-state index in [1.54, 1.807) is 0 Å². The minimum absolute atomic E-state index is 0.197. The van der Waals surface area contributed by atoms with Crippen LogP contribution < -0.4 is 9.80 Å². The largest absolute Gasteiger partial charge is 0.391 e. The number of aliphatic hydroxyl groups excluding tert-OH is 1. The van der Waals surface area contributed by atoms with Gasteiger partial charge in [-0.1, -0.05) is 0 Å². The van der Waals surface area contributed by atoms with Gasteiger partial charge in [-0.2, -0.15) is 15.0 Å². The van der Waals surface area contributed by atoms with Crippen molar-refractivity contribution in [2.24, 2.45) is 0 Å². The van der Waals surface area contributed by atoms with Crippen molar-refractivity contribution in [2.45, 2.75) is 26.4 Å². The first kappa shape index (κ1) is 13.3. The fourth-order valence-electron chi connectivity index (χ4n) is 2.04. The van der Waals surface area contributed by atoms with Gasteiger partial charge in [0, 0.05) is 26.2 Å². The number of aliphatic hydroxyl groups is 1. The number of anilines is 2. The molecule has 1 aromatic rings. The molecule has 1 aliphatic heterocycles. The van der Waals surface area contributed by atoms with Crippen molar-refractivity contribution in [3.05, 3.63) is 5.28 Å². The van der Waals surface area contributed by atoms with Crippen LogP contribution in [0.1, 0.15) is 20.3 Å². The topological polar surface area (TPSA) is 65.4 Å². The van der Waals surface area contributed by atoms with Gasteiger partial charge in [0.05, 0.1) is 6.10 Å². The molecule has 6 nitrogen and oxygen atoms in total. The molecule has 1 saturated heterocycles. The Morgan fingerprint density at radius 3 is 2.61 bits per heavy atom. The lowest BCUT2D eigenvalue weighted by Crippen LogP contribution is -2.28. The van der Waals surface area contributed by atoms with Gasteiger partial charge in [0.1, 0.15) is 0 Å². The minimum Gasteiger partial charge on any atom is -0.391 e. The molecular formula is C11H18ClN5O. The molecular weight excluding hydrogens is 254 g/mol. The van der Waals surface area contributed by atoms with Crippen molar-refractivity contribution < 1.29 is 5.11 Å². The highest BCUT2D eigenvalue weighted by Gasteiger charge is 2.23. The van der Waals surface area contributed by atoms with Gasteiger partial charge in [-0.3, -0.25) is 0 Å². The minimum atomic E-state index is -0.308. The van der Waals surface area contributed by atoms with E-state index in [0.29, 0.717) is 18.4 Å². The van der Waals surface area contributed by atoms with Crippen molar-refractivity contribution >= 4 is 23.5 Å². The Kier molecular flexibility index (Phi) is 4.19. The van der Waals surface area contributed by atoms with Gasteiger partial charge in [0.25, 0.3) is 0 Å². The molecule has 0 saturated carbocycles. The van der Waals surface area contributed by atoms with Gasteiger partial charge in [0.15, 0.2) is 0 Å². The van der Waals surface area contributed by atoms with E-state index >= 15 is 0 Å². The predicted molar refractivity (Wildman–Crippen MR) is 71.2 cm³/mol. The van der Waals surface area contributed by atoms with E-state index in [1.807, 2.05) is 23.6 Å². The van der Waals surface area contributed by atoms with Crippen LogP contribution >= 0.6 is 11.6 Å². The first-order chi connectivity index (χ1) is 8.63. The monoisotopic (exact) mass is 271 g/mol. The average Bonchev–Trinajstić information content (AvgIpc) is 2.77. The lowest BCUT2D eigenvalue weighted by atomic mass is 10.3. The number of aromatic nitrogens is 3. The fraction of sp³-hybridized carbons (Fsp3) is 0.727. The molecule has 1 fully saturated rings.